The Morgan fingerprint density at radius 3 is 2.81 bits per heavy atom. The molecule has 2 N–H and O–H groups in total. The lowest BCUT2D eigenvalue weighted by Crippen LogP contribution is -2.37. The summed E-state index contributed by atoms with van der Waals surface area (Å²) in [5, 5.41) is 0. The topological polar surface area (TPSA) is 47.7 Å². The highest BCUT2D eigenvalue weighted by Gasteiger charge is 2.26. The van der Waals surface area contributed by atoms with Gasteiger partial charge < -0.3 is 20.1 Å². The quantitative estimate of drug-likeness (QED) is 0.877. The first kappa shape index (κ1) is 13.8. The number of rotatable bonds is 4. The summed E-state index contributed by atoms with van der Waals surface area (Å²) in [6.07, 6.45) is 0.0114. The Hall–Kier alpha value is -2.20. The van der Waals surface area contributed by atoms with Gasteiger partial charge in [0.05, 0.1) is 18.8 Å². The van der Waals surface area contributed by atoms with Crippen LogP contribution < -0.4 is 15.4 Å². The van der Waals surface area contributed by atoms with Crippen molar-refractivity contribution in [1.82, 2.24) is 0 Å². The van der Waals surface area contributed by atoms with E-state index < -0.39 is 0 Å². The molecule has 4 nitrogen and oxygen atoms in total. The molecule has 1 aliphatic heterocycles. The molecule has 0 saturated carbocycles. The van der Waals surface area contributed by atoms with Crippen molar-refractivity contribution in [3.05, 3.63) is 54.1 Å². The Balaban J connectivity index is 1.91. The van der Waals surface area contributed by atoms with E-state index in [0.29, 0.717) is 12.3 Å². The van der Waals surface area contributed by atoms with Crippen LogP contribution in [-0.2, 0) is 4.74 Å². The number of hydrogen-bond donors (Lipinski definition) is 1. The fourth-order valence-corrected chi connectivity index (χ4v) is 2.63. The molecule has 0 bridgehead atoms. The molecule has 2 aromatic carbocycles. The van der Waals surface area contributed by atoms with Gasteiger partial charge in [-0.25, -0.2) is 0 Å². The fourth-order valence-electron chi connectivity index (χ4n) is 2.63. The smallest absolute Gasteiger partial charge is 0.145 e. The highest BCUT2D eigenvalue weighted by atomic mass is 16.5. The van der Waals surface area contributed by atoms with Crippen molar-refractivity contribution in [3.8, 4) is 5.75 Å². The number of methoxy groups -OCH3 is 1. The monoisotopic (exact) mass is 284 g/mol. The molecule has 0 radical (unpaired) electrons. The van der Waals surface area contributed by atoms with Crippen LogP contribution in [0.5, 0.6) is 5.75 Å². The Morgan fingerprint density at radius 2 is 2.05 bits per heavy atom. The number of hydrogen-bond acceptors (Lipinski definition) is 4. The molecule has 4 heteroatoms. The van der Waals surface area contributed by atoms with Gasteiger partial charge in [0.1, 0.15) is 11.9 Å². The maximum atomic E-state index is 6.15. The van der Waals surface area contributed by atoms with Gasteiger partial charge in [0.25, 0.3) is 0 Å². The van der Waals surface area contributed by atoms with Gasteiger partial charge in [-0.15, -0.1) is 0 Å². The van der Waals surface area contributed by atoms with E-state index in [1.54, 1.807) is 7.11 Å². The maximum absolute atomic E-state index is 6.15. The fraction of sp³-hybridized carbons (Fsp3) is 0.294. The predicted octanol–water partition coefficient (Wildman–Crippen LogP) is 2.86. The minimum atomic E-state index is 0.0114. The largest absolute Gasteiger partial charge is 0.482 e. The Morgan fingerprint density at radius 1 is 1.24 bits per heavy atom. The molecular formula is C17H20N2O2. The van der Waals surface area contributed by atoms with Crippen LogP contribution in [0.25, 0.3) is 0 Å². The summed E-state index contributed by atoms with van der Waals surface area (Å²) in [4.78, 5) is 2.29. The molecule has 21 heavy (non-hydrogen) atoms. The molecule has 0 fully saturated rings. The first-order chi connectivity index (χ1) is 10.3. The van der Waals surface area contributed by atoms with E-state index in [4.69, 9.17) is 15.2 Å². The molecule has 1 unspecified atom stereocenters. The summed E-state index contributed by atoms with van der Waals surface area (Å²) in [7, 11) is 1.72. The maximum Gasteiger partial charge on any atom is 0.145 e. The molecule has 110 valence electrons. The van der Waals surface area contributed by atoms with E-state index in [2.05, 4.69) is 17.0 Å². The van der Waals surface area contributed by atoms with E-state index in [-0.39, 0.29) is 6.10 Å². The van der Waals surface area contributed by atoms with Crippen LogP contribution in [0, 0.1) is 0 Å². The number of ether oxygens (including phenoxy) is 2. The zero-order valence-corrected chi connectivity index (χ0v) is 12.2. The van der Waals surface area contributed by atoms with Gasteiger partial charge in [0.15, 0.2) is 0 Å². The van der Waals surface area contributed by atoms with E-state index in [0.717, 1.165) is 24.5 Å². The molecule has 0 spiro atoms. The summed E-state index contributed by atoms with van der Waals surface area (Å²) in [6.45, 7) is 2.33. The average Bonchev–Trinajstić information content (AvgIpc) is 2.52. The third kappa shape index (κ3) is 2.95. The van der Waals surface area contributed by atoms with Gasteiger partial charge in [-0.1, -0.05) is 30.3 Å². The molecule has 2 aromatic rings. The number of fused-ring (bicyclic) bond motifs is 1. The third-order valence-corrected chi connectivity index (χ3v) is 3.72. The van der Waals surface area contributed by atoms with Crippen LogP contribution in [0.3, 0.4) is 0 Å². The summed E-state index contributed by atoms with van der Waals surface area (Å²) < 4.78 is 11.4. The van der Waals surface area contributed by atoms with E-state index in [1.165, 1.54) is 5.56 Å². The lowest BCUT2D eigenvalue weighted by molar-refractivity contribution is 0.178. The molecule has 0 aromatic heterocycles. The van der Waals surface area contributed by atoms with E-state index >= 15 is 0 Å². The lowest BCUT2D eigenvalue weighted by atomic mass is 10.1. The van der Waals surface area contributed by atoms with Crippen molar-refractivity contribution in [2.75, 3.05) is 37.4 Å². The number of nitrogens with two attached hydrogens (primary N) is 1. The van der Waals surface area contributed by atoms with Gasteiger partial charge in [-0.05, 0) is 17.7 Å². The molecule has 1 atom stereocenters. The van der Waals surface area contributed by atoms with Crippen LogP contribution in [0.4, 0.5) is 11.4 Å². The summed E-state index contributed by atoms with van der Waals surface area (Å²) in [5.41, 5.74) is 8.86. The summed E-state index contributed by atoms with van der Waals surface area (Å²) >= 11 is 0. The Labute approximate surface area is 125 Å². The number of benzene rings is 2. The number of nitrogens with zero attached hydrogens (tertiary/aromatic N) is 1. The van der Waals surface area contributed by atoms with E-state index in [1.807, 2.05) is 36.4 Å². The predicted molar refractivity (Wildman–Crippen MR) is 84.8 cm³/mol. The van der Waals surface area contributed by atoms with Crippen molar-refractivity contribution in [2.24, 2.45) is 0 Å². The van der Waals surface area contributed by atoms with Crippen LogP contribution in [0.2, 0.25) is 0 Å². The molecule has 0 aliphatic carbocycles. The molecule has 0 amide bonds. The Bertz CT molecular complexity index is 601. The van der Waals surface area contributed by atoms with Crippen molar-refractivity contribution in [3.63, 3.8) is 0 Å². The first-order valence-electron chi connectivity index (χ1n) is 7.13. The van der Waals surface area contributed by atoms with Crippen molar-refractivity contribution in [1.29, 1.82) is 0 Å². The van der Waals surface area contributed by atoms with Crippen molar-refractivity contribution >= 4 is 11.4 Å². The van der Waals surface area contributed by atoms with Gasteiger partial charge >= 0.3 is 0 Å². The summed E-state index contributed by atoms with van der Waals surface area (Å²) in [5.74, 6) is 0.839. The second-order valence-corrected chi connectivity index (χ2v) is 5.18. The van der Waals surface area contributed by atoms with Crippen molar-refractivity contribution in [2.45, 2.75) is 6.10 Å². The van der Waals surface area contributed by atoms with E-state index in [9.17, 15) is 0 Å². The van der Waals surface area contributed by atoms with Crippen molar-refractivity contribution < 1.29 is 9.47 Å². The first-order valence-corrected chi connectivity index (χ1v) is 7.13. The van der Waals surface area contributed by atoms with Gasteiger partial charge in [0, 0.05) is 25.4 Å². The van der Waals surface area contributed by atoms with Gasteiger partial charge in [0.2, 0.25) is 0 Å². The second-order valence-electron chi connectivity index (χ2n) is 5.18. The lowest BCUT2D eigenvalue weighted by Gasteiger charge is -2.36. The SMILES string of the molecule is COCCN1CC(c2ccccc2)Oc2cc(N)ccc21. The minimum Gasteiger partial charge on any atom is -0.482 e. The zero-order chi connectivity index (χ0) is 14.7. The average molecular weight is 284 g/mol. The van der Waals surface area contributed by atoms with Crippen LogP contribution in [0.15, 0.2) is 48.5 Å². The number of nitrogen functional groups attached to an aromatic ring is 1. The standard InChI is InChI=1S/C17H20N2O2/c1-20-10-9-19-12-17(13-5-3-2-4-6-13)21-16-11-14(18)7-8-15(16)19/h2-8,11,17H,9-10,12,18H2,1H3. The van der Waals surface area contributed by atoms with Crippen LogP contribution >= 0.6 is 0 Å². The van der Waals surface area contributed by atoms with Gasteiger partial charge in [-0.2, -0.15) is 0 Å². The molecule has 1 heterocycles. The van der Waals surface area contributed by atoms with Crippen LogP contribution in [-0.4, -0.2) is 26.8 Å². The third-order valence-electron chi connectivity index (χ3n) is 3.72. The molecule has 0 saturated heterocycles. The zero-order valence-electron chi connectivity index (χ0n) is 12.2. The highest BCUT2D eigenvalue weighted by molar-refractivity contribution is 5.65. The molecule has 3 rings (SSSR count). The number of anilines is 2. The Kier molecular flexibility index (Phi) is 3.97. The normalized spacial score (nSPS) is 17.2. The molecule has 1 aliphatic rings. The highest BCUT2D eigenvalue weighted by Crippen LogP contribution is 2.39. The molecular weight excluding hydrogens is 264 g/mol. The minimum absolute atomic E-state index is 0.0114. The van der Waals surface area contributed by atoms with Gasteiger partial charge in [-0.3, -0.25) is 0 Å². The second kappa shape index (κ2) is 6.06. The van der Waals surface area contributed by atoms with Crippen LogP contribution in [0.1, 0.15) is 11.7 Å². The summed E-state index contributed by atoms with van der Waals surface area (Å²) in [6, 6.07) is 16.1.